The van der Waals surface area contributed by atoms with Crippen molar-refractivity contribution in [3.8, 4) is 0 Å². The Balaban J connectivity index is 4.90. The average Bonchev–Trinajstić information content (AvgIpc) is 2.21. The van der Waals surface area contributed by atoms with Crippen LogP contribution in [0.4, 0.5) is 0 Å². The van der Waals surface area contributed by atoms with Crippen LogP contribution in [0.1, 0.15) is 13.8 Å². The molecule has 0 aromatic rings. The van der Waals surface area contributed by atoms with Gasteiger partial charge in [-0.25, -0.2) is 0 Å². The minimum absolute atomic E-state index is 0.489. The summed E-state index contributed by atoms with van der Waals surface area (Å²) in [7, 11) is 0. The van der Waals surface area contributed by atoms with Crippen molar-refractivity contribution in [2.45, 2.75) is 13.8 Å². The van der Waals surface area contributed by atoms with Crippen LogP contribution in [-0.4, -0.2) is 5.71 Å². The van der Waals surface area contributed by atoms with E-state index in [1.807, 2.05) is 38.2 Å². The molecule has 1 N–H and O–H groups in total. The highest BCUT2D eigenvalue weighted by Gasteiger charge is 2.02. The topological polar surface area (TPSA) is 23.9 Å². The molecule has 0 saturated carbocycles. The predicted octanol–water partition coefficient (Wildman–Crippen LogP) is 3.83. The first kappa shape index (κ1) is 12.4. The summed E-state index contributed by atoms with van der Waals surface area (Å²) < 4.78 is 0. The number of hydrogen-bond donors (Lipinski definition) is 1. The summed E-state index contributed by atoms with van der Waals surface area (Å²) >= 11 is 0. The minimum Gasteiger partial charge on any atom is -0.300 e. The van der Waals surface area contributed by atoms with E-state index in [4.69, 9.17) is 5.41 Å². The number of hydrogen-bond acceptors (Lipinski definition) is 1. The molecule has 1 nitrogen and oxygen atoms in total. The third-order valence-electron chi connectivity index (χ3n) is 1.83. The number of nitrogens with one attached hydrogen (secondary N) is 1. The van der Waals surface area contributed by atoms with Gasteiger partial charge in [0.1, 0.15) is 0 Å². The molecule has 74 valence electrons. The van der Waals surface area contributed by atoms with Gasteiger partial charge in [0.05, 0.1) is 5.71 Å². The first-order valence-corrected chi connectivity index (χ1v) is 4.54. The molecule has 1 heteroatoms. The van der Waals surface area contributed by atoms with Gasteiger partial charge in [0, 0.05) is 0 Å². The van der Waals surface area contributed by atoms with Crippen LogP contribution >= 0.6 is 0 Å². The van der Waals surface area contributed by atoms with Gasteiger partial charge < -0.3 is 0 Å². The first-order valence-electron chi connectivity index (χ1n) is 4.54. The normalized spacial score (nSPS) is 13.0. The molecule has 0 aromatic carbocycles. The van der Waals surface area contributed by atoms with Gasteiger partial charge in [-0.1, -0.05) is 49.6 Å². The molecule has 0 aliphatic carbocycles. The molecule has 0 bridgehead atoms. The molecule has 14 heavy (non-hydrogen) atoms. The van der Waals surface area contributed by atoms with Gasteiger partial charge in [-0.2, -0.15) is 0 Å². The van der Waals surface area contributed by atoms with Crippen molar-refractivity contribution in [1.29, 1.82) is 5.41 Å². The smallest absolute Gasteiger partial charge is 0.0677 e. The van der Waals surface area contributed by atoms with E-state index in [2.05, 4.69) is 13.2 Å². The van der Waals surface area contributed by atoms with Crippen LogP contribution < -0.4 is 0 Å². The Kier molecular flexibility index (Phi) is 6.04. The Bertz CT molecular complexity index is 314. The Labute approximate surface area is 86.4 Å². The second kappa shape index (κ2) is 6.84. The molecule has 0 unspecified atom stereocenters. The third kappa shape index (κ3) is 3.40. The zero-order valence-electron chi connectivity index (χ0n) is 8.88. The van der Waals surface area contributed by atoms with Gasteiger partial charge >= 0.3 is 0 Å². The largest absolute Gasteiger partial charge is 0.300 e. The summed E-state index contributed by atoms with van der Waals surface area (Å²) in [6.45, 7) is 11.1. The lowest BCUT2D eigenvalue weighted by atomic mass is 10.0. The van der Waals surface area contributed by atoms with Gasteiger partial charge in [-0.05, 0) is 25.0 Å². The highest BCUT2D eigenvalue weighted by Crippen LogP contribution is 2.09. The van der Waals surface area contributed by atoms with Crippen LogP contribution in [-0.2, 0) is 0 Å². The van der Waals surface area contributed by atoms with Crippen LogP contribution in [0, 0.1) is 5.41 Å². The zero-order chi connectivity index (χ0) is 11.0. The summed E-state index contributed by atoms with van der Waals surface area (Å²) in [5.41, 5.74) is 2.20. The SMILES string of the molecule is C=C/C=C\C(=C/C)C(=N)/C(C=C)=C/C. The predicted molar refractivity (Wildman–Crippen MR) is 64.8 cm³/mol. The van der Waals surface area contributed by atoms with E-state index in [1.54, 1.807) is 12.2 Å². The maximum atomic E-state index is 7.89. The van der Waals surface area contributed by atoms with Crippen molar-refractivity contribution in [2.75, 3.05) is 0 Å². The van der Waals surface area contributed by atoms with E-state index in [0.717, 1.165) is 11.1 Å². The minimum atomic E-state index is 0.489. The molecule has 0 aliphatic rings. The van der Waals surface area contributed by atoms with Crippen molar-refractivity contribution in [3.05, 3.63) is 60.8 Å². The number of rotatable bonds is 5. The van der Waals surface area contributed by atoms with E-state index in [9.17, 15) is 0 Å². The fourth-order valence-corrected chi connectivity index (χ4v) is 1.03. The summed E-state index contributed by atoms with van der Waals surface area (Å²) in [6.07, 6.45) is 10.8. The lowest BCUT2D eigenvalue weighted by Crippen LogP contribution is -2.01. The zero-order valence-corrected chi connectivity index (χ0v) is 8.88. The van der Waals surface area contributed by atoms with Gasteiger partial charge in [-0.15, -0.1) is 0 Å². The van der Waals surface area contributed by atoms with Gasteiger partial charge in [0.2, 0.25) is 0 Å². The molecule has 0 heterocycles. The fourth-order valence-electron chi connectivity index (χ4n) is 1.03. The molecular formula is C13H17N. The van der Waals surface area contributed by atoms with E-state index in [0.29, 0.717) is 5.71 Å². The van der Waals surface area contributed by atoms with E-state index in [1.165, 1.54) is 0 Å². The van der Waals surface area contributed by atoms with Crippen molar-refractivity contribution < 1.29 is 0 Å². The highest BCUT2D eigenvalue weighted by molar-refractivity contribution is 6.13. The molecule has 0 fully saturated rings. The van der Waals surface area contributed by atoms with Crippen LogP contribution in [0.2, 0.25) is 0 Å². The number of allylic oxidation sites excluding steroid dienone is 8. The highest BCUT2D eigenvalue weighted by atomic mass is 14.4. The van der Waals surface area contributed by atoms with Gasteiger partial charge in [-0.3, -0.25) is 5.41 Å². The molecule has 0 spiro atoms. The second-order valence-corrected chi connectivity index (χ2v) is 2.66. The van der Waals surface area contributed by atoms with Crippen LogP contribution in [0.3, 0.4) is 0 Å². The maximum Gasteiger partial charge on any atom is 0.0677 e. The van der Waals surface area contributed by atoms with Crippen molar-refractivity contribution in [1.82, 2.24) is 0 Å². The monoisotopic (exact) mass is 187 g/mol. The Morgan fingerprint density at radius 1 is 1.07 bits per heavy atom. The second-order valence-electron chi connectivity index (χ2n) is 2.66. The third-order valence-corrected chi connectivity index (χ3v) is 1.83. The summed E-state index contributed by atoms with van der Waals surface area (Å²) in [4.78, 5) is 0. The van der Waals surface area contributed by atoms with Crippen molar-refractivity contribution >= 4 is 5.71 Å². The Morgan fingerprint density at radius 2 is 1.64 bits per heavy atom. The van der Waals surface area contributed by atoms with Gasteiger partial charge in [0.15, 0.2) is 0 Å². The van der Waals surface area contributed by atoms with Crippen molar-refractivity contribution in [2.24, 2.45) is 0 Å². The maximum absolute atomic E-state index is 7.89. The standard InChI is InChI=1S/C13H17N/c1-5-9-10-12(8-4)13(14)11(6-2)7-3/h5-10,14H,1-2H2,3-4H3/b10-9-,11-7+,12-8+,14-13?. The fraction of sp³-hybridized carbons (Fsp3) is 0.154. The molecule has 0 amide bonds. The molecule has 0 aromatic heterocycles. The van der Waals surface area contributed by atoms with Crippen LogP contribution in [0.15, 0.2) is 60.8 Å². The van der Waals surface area contributed by atoms with E-state index < -0.39 is 0 Å². The molecule has 0 rings (SSSR count). The summed E-state index contributed by atoms with van der Waals surface area (Å²) in [5.74, 6) is 0. The molecule has 0 aliphatic heterocycles. The first-order chi connectivity index (χ1) is 6.71. The van der Waals surface area contributed by atoms with Crippen LogP contribution in [0.25, 0.3) is 0 Å². The quantitative estimate of drug-likeness (QED) is 0.499. The summed E-state index contributed by atoms with van der Waals surface area (Å²) in [6, 6.07) is 0. The molecule has 0 atom stereocenters. The Morgan fingerprint density at radius 3 is 2.00 bits per heavy atom. The molecular weight excluding hydrogens is 170 g/mol. The summed E-state index contributed by atoms with van der Waals surface area (Å²) in [5, 5.41) is 7.89. The lowest BCUT2D eigenvalue weighted by Gasteiger charge is -2.04. The molecule has 0 radical (unpaired) electrons. The Hall–Kier alpha value is -1.63. The van der Waals surface area contributed by atoms with E-state index in [-0.39, 0.29) is 0 Å². The molecule has 0 saturated heterocycles. The van der Waals surface area contributed by atoms with Crippen molar-refractivity contribution in [3.63, 3.8) is 0 Å². The van der Waals surface area contributed by atoms with Crippen LogP contribution in [0.5, 0.6) is 0 Å². The lowest BCUT2D eigenvalue weighted by molar-refractivity contribution is 1.45. The van der Waals surface area contributed by atoms with Gasteiger partial charge in [0.25, 0.3) is 0 Å². The average molecular weight is 187 g/mol. The van der Waals surface area contributed by atoms with E-state index >= 15 is 0 Å².